The summed E-state index contributed by atoms with van der Waals surface area (Å²) in [6, 6.07) is 7.22. The lowest BCUT2D eigenvalue weighted by Crippen LogP contribution is -2.22. The highest BCUT2D eigenvalue weighted by Gasteiger charge is 2.19. The molecule has 0 radical (unpaired) electrons. The second-order valence-corrected chi connectivity index (χ2v) is 5.65. The number of hydrogen-bond donors (Lipinski definition) is 2. The van der Waals surface area contributed by atoms with E-state index in [1.807, 2.05) is 12.1 Å². The van der Waals surface area contributed by atoms with Crippen LogP contribution in [0.4, 0.5) is 0 Å². The fraction of sp³-hybridized carbons (Fsp3) is 0.357. The number of rotatable bonds is 6. The van der Waals surface area contributed by atoms with Crippen LogP contribution in [-0.4, -0.2) is 29.1 Å². The van der Waals surface area contributed by atoms with Gasteiger partial charge in [-0.2, -0.15) is 11.8 Å². The van der Waals surface area contributed by atoms with Crippen LogP contribution in [0.2, 0.25) is 0 Å². The third kappa shape index (κ3) is 3.11. The lowest BCUT2D eigenvalue weighted by atomic mass is 10.1. The molecule has 2 rings (SSSR count). The van der Waals surface area contributed by atoms with E-state index in [1.54, 1.807) is 23.9 Å². The van der Waals surface area contributed by atoms with E-state index in [-0.39, 0.29) is 5.56 Å². The molecule has 0 aliphatic heterocycles. The third-order valence-corrected chi connectivity index (χ3v) is 3.97. The summed E-state index contributed by atoms with van der Waals surface area (Å²) in [4.78, 5) is 11.4. The molecule has 0 fully saturated rings. The van der Waals surface area contributed by atoms with E-state index < -0.39 is 5.97 Å². The van der Waals surface area contributed by atoms with Crippen molar-refractivity contribution < 1.29 is 14.3 Å². The topological polar surface area (TPSA) is 62.5 Å². The van der Waals surface area contributed by atoms with E-state index in [9.17, 15) is 9.90 Å². The summed E-state index contributed by atoms with van der Waals surface area (Å²) in [5, 5.41) is 13.7. The Bertz CT molecular complexity index is 579. The number of carboxylic acids is 1. The number of carbonyl (C=O) groups is 1. The molecular formula is C14H17NO3S. The summed E-state index contributed by atoms with van der Waals surface area (Å²) < 4.78 is 5.63. The molecule has 0 amide bonds. The molecule has 1 heterocycles. The number of thioether (sulfide) groups is 1. The summed E-state index contributed by atoms with van der Waals surface area (Å²) in [7, 11) is 0. The lowest BCUT2D eigenvalue weighted by Gasteiger charge is -2.08. The van der Waals surface area contributed by atoms with Gasteiger partial charge in [0.1, 0.15) is 16.9 Å². The molecule has 102 valence electrons. The molecule has 4 nitrogen and oxygen atoms in total. The first-order valence-electron chi connectivity index (χ1n) is 6.10. The van der Waals surface area contributed by atoms with Gasteiger partial charge in [-0.25, -0.2) is 4.79 Å². The molecule has 2 aromatic rings. The maximum Gasteiger partial charge on any atom is 0.339 e. The van der Waals surface area contributed by atoms with E-state index in [0.717, 1.165) is 6.54 Å². The fourth-order valence-electron chi connectivity index (χ4n) is 1.93. The van der Waals surface area contributed by atoms with E-state index in [1.165, 1.54) is 0 Å². The third-order valence-electron chi connectivity index (χ3n) is 3.00. The summed E-state index contributed by atoms with van der Waals surface area (Å²) in [5.41, 5.74) is 0.884. The molecule has 0 spiro atoms. The molecule has 0 aliphatic carbocycles. The zero-order chi connectivity index (χ0) is 13.8. The highest BCUT2D eigenvalue weighted by Crippen LogP contribution is 2.25. The molecule has 0 aliphatic rings. The molecule has 0 saturated heterocycles. The average molecular weight is 279 g/mol. The van der Waals surface area contributed by atoms with Crippen LogP contribution in [0.15, 0.2) is 28.7 Å². The predicted octanol–water partition coefficient (Wildman–Crippen LogP) is 2.97. The van der Waals surface area contributed by atoms with Gasteiger partial charge in [-0.05, 0) is 12.3 Å². The number of benzene rings is 1. The maximum atomic E-state index is 11.4. The highest BCUT2D eigenvalue weighted by atomic mass is 32.2. The first-order valence-corrected chi connectivity index (χ1v) is 7.39. The second-order valence-electron chi connectivity index (χ2n) is 4.38. The Morgan fingerprint density at radius 2 is 2.21 bits per heavy atom. The fourth-order valence-corrected chi connectivity index (χ4v) is 2.21. The Kier molecular flexibility index (Phi) is 4.50. The van der Waals surface area contributed by atoms with Crippen molar-refractivity contribution in [3.8, 4) is 0 Å². The Hall–Kier alpha value is -1.46. The SMILES string of the molecule is CSC(C)CNCc1oc2ccccc2c1C(=O)O. The molecule has 1 atom stereocenters. The minimum Gasteiger partial charge on any atom is -0.478 e. The number of nitrogens with one attached hydrogen (secondary N) is 1. The van der Waals surface area contributed by atoms with Crippen LogP contribution in [0.1, 0.15) is 23.0 Å². The first kappa shape index (κ1) is 14.0. The van der Waals surface area contributed by atoms with E-state index in [0.29, 0.717) is 28.5 Å². The van der Waals surface area contributed by atoms with Crippen LogP contribution < -0.4 is 5.32 Å². The van der Waals surface area contributed by atoms with Crippen molar-refractivity contribution in [2.75, 3.05) is 12.8 Å². The number of carboxylic acid groups (broad SMARTS) is 1. The van der Waals surface area contributed by atoms with Crippen LogP contribution >= 0.6 is 11.8 Å². The normalized spacial score (nSPS) is 12.7. The van der Waals surface area contributed by atoms with Crippen molar-refractivity contribution in [3.63, 3.8) is 0 Å². The molecule has 19 heavy (non-hydrogen) atoms. The van der Waals surface area contributed by atoms with Crippen molar-refractivity contribution in [2.45, 2.75) is 18.7 Å². The number of para-hydroxylation sites is 1. The molecule has 2 N–H and O–H groups in total. The minimum atomic E-state index is -0.945. The molecule has 0 bridgehead atoms. The van der Waals surface area contributed by atoms with Crippen LogP contribution in [0, 0.1) is 0 Å². The number of fused-ring (bicyclic) bond motifs is 1. The zero-order valence-electron chi connectivity index (χ0n) is 11.0. The van der Waals surface area contributed by atoms with Gasteiger partial charge in [0.15, 0.2) is 0 Å². The molecule has 1 unspecified atom stereocenters. The lowest BCUT2D eigenvalue weighted by molar-refractivity contribution is 0.0696. The summed E-state index contributed by atoms with van der Waals surface area (Å²) >= 11 is 1.77. The van der Waals surface area contributed by atoms with Crippen molar-refractivity contribution in [1.82, 2.24) is 5.32 Å². The highest BCUT2D eigenvalue weighted by molar-refractivity contribution is 7.99. The number of aromatic carboxylic acids is 1. The van der Waals surface area contributed by atoms with Crippen molar-refractivity contribution in [2.24, 2.45) is 0 Å². The molecule has 5 heteroatoms. The Morgan fingerprint density at radius 3 is 2.89 bits per heavy atom. The Balaban J connectivity index is 2.22. The predicted molar refractivity (Wildman–Crippen MR) is 77.9 cm³/mol. The summed E-state index contributed by atoms with van der Waals surface area (Å²) in [6.45, 7) is 3.37. The number of hydrogen-bond acceptors (Lipinski definition) is 4. The molecule has 0 saturated carbocycles. The smallest absolute Gasteiger partial charge is 0.339 e. The summed E-state index contributed by atoms with van der Waals surface area (Å²) in [5.74, 6) is -0.457. The first-order chi connectivity index (χ1) is 9.13. The second kappa shape index (κ2) is 6.12. The van der Waals surface area contributed by atoms with Crippen molar-refractivity contribution >= 4 is 28.7 Å². The van der Waals surface area contributed by atoms with Gasteiger partial charge in [0, 0.05) is 17.2 Å². The van der Waals surface area contributed by atoms with Gasteiger partial charge in [0.25, 0.3) is 0 Å². The van der Waals surface area contributed by atoms with Crippen LogP contribution in [0.3, 0.4) is 0 Å². The van der Waals surface area contributed by atoms with E-state index in [4.69, 9.17) is 4.42 Å². The maximum absolute atomic E-state index is 11.4. The van der Waals surface area contributed by atoms with Gasteiger partial charge < -0.3 is 14.8 Å². The van der Waals surface area contributed by atoms with Gasteiger partial charge >= 0.3 is 5.97 Å². The quantitative estimate of drug-likeness (QED) is 0.851. The van der Waals surface area contributed by atoms with Crippen LogP contribution in [-0.2, 0) is 6.54 Å². The Morgan fingerprint density at radius 1 is 1.47 bits per heavy atom. The Labute approximate surface area is 116 Å². The largest absolute Gasteiger partial charge is 0.478 e. The molecule has 1 aromatic carbocycles. The molecule has 1 aromatic heterocycles. The van der Waals surface area contributed by atoms with Gasteiger partial charge in [0.05, 0.1) is 6.54 Å². The average Bonchev–Trinajstić information content (AvgIpc) is 2.76. The van der Waals surface area contributed by atoms with Crippen molar-refractivity contribution in [1.29, 1.82) is 0 Å². The van der Waals surface area contributed by atoms with Gasteiger partial charge in [-0.15, -0.1) is 0 Å². The van der Waals surface area contributed by atoms with E-state index in [2.05, 4.69) is 18.5 Å². The molecular weight excluding hydrogens is 262 g/mol. The standard InChI is InChI=1S/C14H17NO3S/c1-9(19-2)7-15-8-12-13(14(16)17)10-5-3-4-6-11(10)18-12/h3-6,9,15H,7-8H2,1-2H3,(H,16,17). The number of furan rings is 1. The van der Waals surface area contributed by atoms with Gasteiger partial charge in [-0.1, -0.05) is 25.1 Å². The van der Waals surface area contributed by atoms with Crippen LogP contribution in [0.5, 0.6) is 0 Å². The van der Waals surface area contributed by atoms with Crippen LogP contribution in [0.25, 0.3) is 11.0 Å². The van der Waals surface area contributed by atoms with Gasteiger partial charge in [0.2, 0.25) is 0 Å². The van der Waals surface area contributed by atoms with E-state index >= 15 is 0 Å². The van der Waals surface area contributed by atoms with Crippen molar-refractivity contribution in [3.05, 3.63) is 35.6 Å². The zero-order valence-corrected chi connectivity index (χ0v) is 11.8. The monoisotopic (exact) mass is 279 g/mol. The van der Waals surface area contributed by atoms with Gasteiger partial charge in [-0.3, -0.25) is 0 Å². The summed E-state index contributed by atoms with van der Waals surface area (Å²) in [6.07, 6.45) is 2.05. The minimum absolute atomic E-state index is 0.264.